The first-order valence-electron chi connectivity index (χ1n) is 8.45. The predicted octanol–water partition coefficient (Wildman–Crippen LogP) is 5.05. The van der Waals surface area contributed by atoms with E-state index in [0.29, 0.717) is 6.10 Å². The Morgan fingerprint density at radius 1 is 1.19 bits per heavy atom. The average molecular weight is 352 g/mol. The minimum atomic E-state index is 0.391. The quantitative estimate of drug-likeness (QED) is 0.774. The fourth-order valence-electron chi connectivity index (χ4n) is 3.31. The smallest absolute Gasteiger partial charge is 0.138 e. The van der Waals surface area contributed by atoms with Gasteiger partial charge in [-0.3, -0.25) is 0 Å². The van der Waals surface area contributed by atoms with Crippen LogP contribution in [0.4, 0.5) is 0 Å². The number of halogens is 1. The summed E-state index contributed by atoms with van der Waals surface area (Å²) in [7, 11) is 0. The molecular formula is C18H26BrNO. The van der Waals surface area contributed by atoms with Gasteiger partial charge in [-0.15, -0.1) is 0 Å². The standard InChI is InChI=1S/C18H26BrNO/c1-2-13-6-3-4-9-17(13)21-18-14(7-5-8-16(18)19)12-20-15-10-11-15/h5,7-8,13,15,17,20H,2-4,6,9-12H2,1H3. The molecule has 116 valence electrons. The van der Waals surface area contributed by atoms with Gasteiger partial charge in [0.2, 0.25) is 0 Å². The molecule has 2 nitrogen and oxygen atoms in total. The summed E-state index contributed by atoms with van der Waals surface area (Å²) in [5, 5.41) is 3.60. The third-order valence-corrected chi connectivity index (χ3v) is 5.46. The molecule has 1 aromatic carbocycles. The van der Waals surface area contributed by atoms with Crippen LogP contribution >= 0.6 is 15.9 Å². The van der Waals surface area contributed by atoms with E-state index in [4.69, 9.17) is 4.74 Å². The highest BCUT2D eigenvalue weighted by Gasteiger charge is 2.27. The summed E-state index contributed by atoms with van der Waals surface area (Å²) in [6.07, 6.45) is 9.46. The van der Waals surface area contributed by atoms with Crippen molar-refractivity contribution in [3.8, 4) is 5.75 Å². The molecule has 2 unspecified atom stereocenters. The number of nitrogens with one attached hydrogen (secondary N) is 1. The van der Waals surface area contributed by atoms with Gasteiger partial charge in [0, 0.05) is 18.2 Å². The Morgan fingerprint density at radius 2 is 2.00 bits per heavy atom. The fraction of sp³-hybridized carbons (Fsp3) is 0.667. The lowest BCUT2D eigenvalue weighted by Crippen LogP contribution is -2.30. The highest BCUT2D eigenvalue weighted by atomic mass is 79.9. The fourth-order valence-corrected chi connectivity index (χ4v) is 3.81. The van der Waals surface area contributed by atoms with Crippen LogP contribution < -0.4 is 10.1 Å². The number of hydrogen-bond donors (Lipinski definition) is 1. The molecule has 1 N–H and O–H groups in total. The van der Waals surface area contributed by atoms with Crippen molar-refractivity contribution in [2.24, 2.45) is 5.92 Å². The highest BCUT2D eigenvalue weighted by Crippen LogP contribution is 2.36. The minimum Gasteiger partial charge on any atom is -0.489 e. The molecule has 0 heterocycles. The zero-order chi connectivity index (χ0) is 14.7. The van der Waals surface area contributed by atoms with Crippen LogP contribution in [0.15, 0.2) is 22.7 Å². The highest BCUT2D eigenvalue weighted by molar-refractivity contribution is 9.10. The molecule has 2 aliphatic rings. The van der Waals surface area contributed by atoms with Crippen molar-refractivity contribution < 1.29 is 4.74 Å². The van der Waals surface area contributed by atoms with E-state index in [0.717, 1.165) is 28.7 Å². The van der Waals surface area contributed by atoms with Gasteiger partial charge in [0.15, 0.2) is 0 Å². The van der Waals surface area contributed by atoms with Crippen molar-refractivity contribution in [1.82, 2.24) is 5.32 Å². The van der Waals surface area contributed by atoms with Crippen LogP contribution in [0.3, 0.4) is 0 Å². The molecule has 1 aromatic rings. The van der Waals surface area contributed by atoms with Crippen molar-refractivity contribution in [2.45, 2.75) is 70.6 Å². The molecule has 0 bridgehead atoms. The second-order valence-electron chi connectivity index (χ2n) is 6.49. The summed E-state index contributed by atoms with van der Waals surface area (Å²) in [6, 6.07) is 7.13. The molecule has 2 atom stereocenters. The zero-order valence-electron chi connectivity index (χ0n) is 12.9. The summed E-state index contributed by atoms with van der Waals surface area (Å²) in [5.74, 6) is 1.78. The number of para-hydroxylation sites is 1. The molecule has 2 saturated carbocycles. The Labute approximate surface area is 136 Å². The first-order valence-corrected chi connectivity index (χ1v) is 9.24. The molecule has 0 aromatic heterocycles. The van der Waals surface area contributed by atoms with Gasteiger partial charge in [-0.05, 0) is 66.4 Å². The van der Waals surface area contributed by atoms with Gasteiger partial charge in [0.25, 0.3) is 0 Å². The number of rotatable bonds is 6. The topological polar surface area (TPSA) is 21.3 Å². The van der Waals surface area contributed by atoms with Crippen molar-refractivity contribution in [1.29, 1.82) is 0 Å². The second kappa shape index (κ2) is 7.15. The van der Waals surface area contributed by atoms with Crippen LogP contribution in [-0.2, 0) is 6.54 Å². The maximum Gasteiger partial charge on any atom is 0.138 e. The van der Waals surface area contributed by atoms with E-state index in [9.17, 15) is 0 Å². The lowest BCUT2D eigenvalue weighted by Gasteiger charge is -2.32. The van der Waals surface area contributed by atoms with Gasteiger partial charge in [-0.25, -0.2) is 0 Å². The van der Waals surface area contributed by atoms with Crippen LogP contribution in [0, 0.1) is 5.92 Å². The third kappa shape index (κ3) is 4.01. The maximum atomic E-state index is 6.49. The Morgan fingerprint density at radius 3 is 2.76 bits per heavy atom. The van der Waals surface area contributed by atoms with E-state index < -0.39 is 0 Å². The third-order valence-electron chi connectivity index (χ3n) is 4.84. The molecule has 0 saturated heterocycles. The van der Waals surface area contributed by atoms with Crippen molar-refractivity contribution in [3.63, 3.8) is 0 Å². The van der Waals surface area contributed by atoms with Gasteiger partial charge >= 0.3 is 0 Å². The summed E-state index contributed by atoms with van der Waals surface area (Å²) < 4.78 is 7.58. The van der Waals surface area contributed by atoms with E-state index in [1.54, 1.807) is 0 Å². The Bertz CT molecular complexity index is 472. The van der Waals surface area contributed by atoms with Gasteiger partial charge in [0.1, 0.15) is 11.9 Å². The molecule has 0 spiro atoms. The number of benzene rings is 1. The molecule has 3 heteroatoms. The SMILES string of the molecule is CCC1CCCCC1Oc1c(Br)cccc1CNC1CC1. The lowest BCUT2D eigenvalue weighted by molar-refractivity contribution is 0.0885. The first kappa shape index (κ1) is 15.4. The molecule has 2 aliphatic carbocycles. The zero-order valence-corrected chi connectivity index (χ0v) is 14.5. The summed E-state index contributed by atoms with van der Waals surface area (Å²) >= 11 is 3.69. The van der Waals surface area contributed by atoms with E-state index in [2.05, 4.69) is 46.4 Å². The van der Waals surface area contributed by atoms with Gasteiger partial charge < -0.3 is 10.1 Å². The molecule has 0 aliphatic heterocycles. The molecule has 0 radical (unpaired) electrons. The molecular weight excluding hydrogens is 326 g/mol. The van der Waals surface area contributed by atoms with E-state index >= 15 is 0 Å². The van der Waals surface area contributed by atoms with E-state index in [1.807, 2.05) is 0 Å². The van der Waals surface area contributed by atoms with Gasteiger partial charge in [-0.2, -0.15) is 0 Å². The van der Waals surface area contributed by atoms with Crippen LogP contribution in [-0.4, -0.2) is 12.1 Å². The first-order chi connectivity index (χ1) is 10.3. The molecule has 21 heavy (non-hydrogen) atoms. The van der Waals surface area contributed by atoms with Crippen LogP contribution in [0.2, 0.25) is 0 Å². The monoisotopic (exact) mass is 351 g/mol. The van der Waals surface area contributed by atoms with Gasteiger partial charge in [0.05, 0.1) is 4.47 Å². The van der Waals surface area contributed by atoms with Crippen molar-refractivity contribution in [3.05, 3.63) is 28.2 Å². The second-order valence-corrected chi connectivity index (χ2v) is 7.35. The maximum absolute atomic E-state index is 6.49. The summed E-state index contributed by atoms with van der Waals surface area (Å²) in [4.78, 5) is 0. The van der Waals surface area contributed by atoms with E-state index in [-0.39, 0.29) is 0 Å². The summed E-state index contributed by atoms with van der Waals surface area (Å²) in [5.41, 5.74) is 1.29. The lowest BCUT2D eigenvalue weighted by atomic mass is 9.84. The van der Waals surface area contributed by atoms with Crippen LogP contribution in [0.25, 0.3) is 0 Å². The Kier molecular flexibility index (Phi) is 5.23. The average Bonchev–Trinajstić information content (AvgIpc) is 3.32. The Hall–Kier alpha value is -0.540. The van der Waals surface area contributed by atoms with Crippen molar-refractivity contribution in [2.75, 3.05) is 0 Å². The molecule has 2 fully saturated rings. The van der Waals surface area contributed by atoms with Crippen molar-refractivity contribution >= 4 is 15.9 Å². The predicted molar refractivity (Wildman–Crippen MR) is 90.7 cm³/mol. The summed E-state index contributed by atoms with van der Waals surface area (Å²) in [6.45, 7) is 3.21. The number of ether oxygens (including phenoxy) is 1. The Balaban J connectivity index is 1.72. The minimum absolute atomic E-state index is 0.391. The number of hydrogen-bond acceptors (Lipinski definition) is 2. The van der Waals surface area contributed by atoms with Crippen LogP contribution in [0.1, 0.15) is 57.4 Å². The van der Waals surface area contributed by atoms with Gasteiger partial charge in [-0.1, -0.05) is 25.5 Å². The molecule has 3 rings (SSSR count). The largest absolute Gasteiger partial charge is 0.489 e. The van der Waals surface area contributed by atoms with Crippen LogP contribution in [0.5, 0.6) is 5.75 Å². The normalized spacial score (nSPS) is 25.8. The van der Waals surface area contributed by atoms with E-state index in [1.165, 1.54) is 50.5 Å². The molecule has 0 amide bonds.